The summed E-state index contributed by atoms with van der Waals surface area (Å²) in [6.07, 6.45) is 27.0. The summed E-state index contributed by atoms with van der Waals surface area (Å²) >= 11 is 0. The van der Waals surface area contributed by atoms with Gasteiger partial charge < -0.3 is 0 Å². The molecule has 0 atom stereocenters. The van der Waals surface area contributed by atoms with Crippen LogP contribution in [0.3, 0.4) is 0 Å². The summed E-state index contributed by atoms with van der Waals surface area (Å²) in [5.41, 5.74) is 2.80. The minimum Gasteiger partial charge on any atom is -0.0981 e. The zero-order valence-corrected chi connectivity index (χ0v) is 20.8. The molecule has 0 spiro atoms. The molecule has 0 saturated heterocycles. The van der Waals surface area contributed by atoms with E-state index in [1.807, 2.05) is 0 Å². The van der Waals surface area contributed by atoms with E-state index in [0.717, 1.165) is 0 Å². The van der Waals surface area contributed by atoms with Gasteiger partial charge in [-0.15, -0.1) is 0 Å². The van der Waals surface area contributed by atoms with Gasteiger partial charge in [-0.3, -0.25) is 0 Å². The average Bonchev–Trinajstić information content (AvgIpc) is 2.69. The molecule has 0 rings (SSSR count). The van der Waals surface area contributed by atoms with Crippen molar-refractivity contribution in [2.45, 2.75) is 155 Å². The molecule has 0 aromatic carbocycles. The Morgan fingerprint density at radius 3 is 1.33 bits per heavy atom. The highest BCUT2D eigenvalue weighted by molar-refractivity contribution is 6.84. The molecule has 0 aromatic rings. The molecular weight excluding hydrogens is 340 g/mol. The van der Waals surface area contributed by atoms with Crippen LogP contribution in [0.4, 0.5) is 0 Å². The fourth-order valence-electron chi connectivity index (χ4n) is 4.30. The van der Waals surface area contributed by atoms with Crippen LogP contribution in [0.25, 0.3) is 0 Å². The second kappa shape index (κ2) is 20.7. The summed E-state index contributed by atoms with van der Waals surface area (Å²) in [6.45, 7) is 9.45. The summed E-state index contributed by atoms with van der Waals surface area (Å²) in [7, 11) is -1.16. The van der Waals surface area contributed by atoms with Crippen molar-refractivity contribution < 1.29 is 0 Å². The Morgan fingerprint density at radius 2 is 0.889 bits per heavy atom. The van der Waals surface area contributed by atoms with Crippen molar-refractivity contribution in [2.24, 2.45) is 0 Å². The van der Waals surface area contributed by atoms with Crippen LogP contribution in [0.5, 0.6) is 0 Å². The van der Waals surface area contributed by atoms with E-state index in [9.17, 15) is 0 Å². The molecule has 0 heterocycles. The maximum atomic E-state index is 2.80. The largest absolute Gasteiger partial charge is 0.0981 e. The molecule has 0 aromatic heterocycles. The second-order valence-corrected chi connectivity index (χ2v) is 13.8. The van der Waals surface area contributed by atoms with Crippen LogP contribution >= 0.6 is 0 Å². The van der Waals surface area contributed by atoms with Crippen LogP contribution in [0, 0.1) is 0 Å². The van der Waals surface area contributed by atoms with E-state index < -0.39 is 8.07 Å². The number of allylic oxidation sites excluding steroid dienone is 1. The van der Waals surface area contributed by atoms with E-state index in [0.29, 0.717) is 0 Å². The van der Waals surface area contributed by atoms with Crippen molar-refractivity contribution in [3.8, 4) is 0 Å². The number of unbranched alkanes of at least 4 members (excludes halogenated alkanes) is 14. The molecule has 0 radical (unpaired) electrons. The molecule has 0 bridgehead atoms. The molecule has 27 heavy (non-hydrogen) atoms. The molecule has 0 saturated carbocycles. The van der Waals surface area contributed by atoms with E-state index in [2.05, 4.69) is 39.5 Å². The van der Waals surface area contributed by atoms with Gasteiger partial charge in [-0.1, -0.05) is 154 Å². The van der Waals surface area contributed by atoms with E-state index in [4.69, 9.17) is 0 Å². The van der Waals surface area contributed by atoms with Crippen molar-refractivity contribution in [1.82, 2.24) is 0 Å². The Labute approximate surface area is 175 Å². The first-order valence-electron chi connectivity index (χ1n) is 12.9. The molecule has 0 aliphatic carbocycles. The van der Waals surface area contributed by atoms with Crippen molar-refractivity contribution in [2.75, 3.05) is 0 Å². The van der Waals surface area contributed by atoms with Gasteiger partial charge >= 0.3 is 0 Å². The zero-order chi connectivity index (χ0) is 20.1. The van der Waals surface area contributed by atoms with Crippen molar-refractivity contribution in [3.63, 3.8) is 0 Å². The van der Waals surface area contributed by atoms with Crippen molar-refractivity contribution in [1.29, 1.82) is 0 Å². The predicted molar refractivity (Wildman–Crippen MR) is 131 cm³/mol. The predicted octanol–water partition coefficient (Wildman–Crippen LogP) is 10.2. The van der Waals surface area contributed by atoms with Gasteiger partial charge in [-0.25, -0.2) is 0 Å². The van der Waals surface area contributed by atoms with Gasteiger partial charge in [0.25, 0.3) is 0 Å². The summed E-state index contributed by atoms with van der Waals surface area (Å²) < 4.78 is 0. The van der Waals surface area contributed by atoms with Crippen LogP contribution < -0.4 is 0 Å². The number of hydrogen-bond acceptors (Lipinski definition) is 0. The van der Waals surface area contributed by atoms with Crippen molar-refractivity contribution in [3.05, 3.63) is 11.8 Å². The third kappa shape index (κ3) is 16.6. The van der Waals surface area contributed by atoms with E-state index >= 15 is 0 Å². The van der Waals surface area contributed by atoms with Crippen LogP contribution in [0.15, 0.2) is 11.8 Å². The molecule has 0 fully saturated rings. The van der Waals surface area contributed by atoms with Crippen LogP contribution in [-0.2, 0) is 0 Å². The monoisotopic (exact) mass is 394 g/mol. The van der Waals surface area contributed by atoms with Gasteiger partial charge in [-0.2, -0.15) is 0 Å². The molecular formula is C26H54Si. The minimum atomic E-state index is -1.16. The Hall–Kier alpha value is -0.0431. The number of hydrogen-bond donors (Lipinski definition) is 0. The minimum absolute atomic E-state index is 1.16. The van der Waals surface area contributed by atoms with Crippen LogP contribution in [0.2, 0.25) is 18.1 Å². The fourth-order valence-corrected chi connectivity index (χ4v) is 8.40. The molecule has 0 amide bonds. The van der Waals surface area contributed by atoms with Gasteiger partial charge in [0.05, 0.1) is 8.07 Å². The first-order valence-corrected chi connectivity index (χ1v) is 15.6. The average molecular weight is 395 g/mol. The van der Waals surface area contributed by atoms with Gasteiger partial charge in [0, 0.05) is 0 Å². The van der Waals surface area contributed by atoms with Crippen LogP contribution in [0.1, 0.15) is 137 Å². The van der Waals surface area contributed by atoms with Gasteiger partial charge in [0.1, 0.15) is 0 Å². The van der Waals surface area contributed by atoms with Gasteiger partial charge in [0.15, 0.2) is 0 Å². The lowest BCUT2D eigenvalue weighted by atomic mass is 10.1. The Kier molecular flexibility index (Phi) is 20.7. The number of rotatable bonds is 21. The smallest absolute Gasteiger partial charge is 0.0771 e. The molecule has 0 aliphatic rings. The maximum Gasteiger partial charge on any atom is 0.0771 e. The summed E-state index contributed by atoms with van der Waals surface area (Å²) in [4.78, 5) is 0. The first-order chi connectivity index (χ1) is 13.2. The molecule has 1 heteroatoms. The standard InChI is InChI=1S/C26H54Si/c1-5-9-12-15-18-21-24-27(8-4,25-22-19-16-13-10-6-2)26-23-20-17-14-11-7-3/h21,24H,5-20,22-23,25-26H2,1-4H3. The maximum absolute atomic E-state index is 2.80. The third-order valence-electron chi connectivity index (χ3n) is 6.46. The molecule has 0 nitrogen and oxygen atoms in total. The molecule has 0 unspecified atom stereocenters. The highest BCUT2D eigenvalue weighted by Crippen LogP contribution is 2.29. The molecule has 162 valence electrons. The highest BCUT2D eigenvalue weighted by Gasteiger charge is 2.26. The summed E-state index contributed by atoms with van der Waals surface area (Å²) in [6, 6.07) is 4.61. The van der Waals surface area contributed by atoms with Gasteiger partial charge in [-0.05, 0) is 12.8 Å². The molecule has 0 N–H and O–H groups in total. The quantitative estimate of drug-likeness (QED) is 0.134. The van der Waals surface area contributed by atoms with Crippen molar-refractivity contribution >= 4 is 8.07 Å². The van der Waals surface area contributed by atoms with E-state index in [1.165, 1.54) is 115 Å². The SMILES string of the molecule is CCCCCCC=C[Si](CC)(CCCCCCCC)CCCCCCCC. The lowest BCUT2D eigenvalue weighted by Gasteiger charge is -2.28. The van der Waals surface area contributed by atoms with Gasteiger partial charge in [0.2, 0.25) is 0 Å². The lowest BCUT2D eigenvalue weighted by molar-refractivity contribution is 0.615. The Balaban J connectivity index is 4.37. The fraction of sp³-hybridized carbons (Fsp3) is 0.923. The molecule has 0 aliphatic heterocycles. The first kappa shape index (κ1) is 27.0. The lowest BCUT2D eigenvalue weighted by Crippen LogP contribution is -2.30. The summed E-state index contributed by atoms with van der Waals surface area (Å²) in [5.74, 6) is 0. The normalized spacial score (nSPS) is 12.3. The highest BCUT2D eigenvalue weighted by atomic mass is 28.3. The van der Waals surface area contributed by atoms with Crippen LogP contribution in [-0.4, -0.2) is 8.07 Å². The second-order valence-electron chi connectivity index (χ2n) is 9.00. The topological polar surface area (TPSA) is 0 Å². The van der Waals surface area contributed by atoms with E-state index in [1.54, 1.807) is 12.1 Å². The summed E-state index contributed by atoms with van der Waals surface area (Å²) in [5, 5.41) is 0. The Morgan fingerprint density at radius 1 is 0.481 bits per heavy atom. The Bertz CT molecular complexity index is 291. The third-order valence-corrected chi connectivity index (χ3v) is 11.5. The van der Waals surface area contributed by atoms with E-state index in [-0.39, 0.29) is 0 Å². The zero-order valence-electron chi connectivity index (χ0n) is 19.8.